The molecule has 67 heavy (non-hydrogen) atoms. The molecule has 0 unspecified atom stereocenters. The summed E-state index contributed by atoms with van der Waals surface area (Å²) >= 11 is 1.84. The molecule has 0 atom stereocenters. The van der Waals surface area contributed by atoms with E-state index in [0.29, 0.717) is 5.82 Å². The van der Waals surface area contributed by atoms with E-state index in [9.17, 15) is 0 Å². The molecule has 0 radical (unpaired) electrons. The van der Waals surface area contributed by atoms with Crippen LogP contribution in [0, 0.1) is 0 Å². The largest absolute Gasteiger partial charge is 0.246 e. The van der Waals surface area contributed by atoms with E-state index in [2.05, 4.69) is 212 Å². The molecule has 0 fully saturated rings. The number of hydrogen-bond donors (Lipinski definition) is 0. The van der Waals surface area contributed by atoms with Crippen molar-refractivity contribution in [3.05, 3.63) is 237 Å². The van der Waals surface area contributed by atoms with Gasteiger partial charge in [0, 0.05) is 43.5 Å². The fourth-order valence-electron chi connectivity index (χ4n) is 9.91. The van der Waals surface area contributed by atoms with E-state index in [-0.39, 0.29) is 0 Å². The van der Waals surface area contributed by atoms with Crippen LogP contribution in [-0.2, 0) is 0 Å². The van der Waals surface area contributed by atoms with Gasteiger partial charge in [-0.15, -0.1) is 11.3 Å². The van der Waals surface area contributed by atoms with Crippen molar-refractivity contribution in [3.63, 3.8) is 0 Å². The lowest BCUT2D eigenvalue weighted by atomic mass is 9.90. The van der Waals surface area contributed by atoms with E-state index < -0.39 is 0 Å². The standard InChI is InChI=1S/C63H39N3S/c1-4-18-40(19-5-1)56-39-57(66-63(65-56)42-22-8-3-9-23-42)45-26-16-24-43(36-45)44-25-17-27-47(37-44)61-58(59-53-32-14-15-33-55(53)64-60(62(59)67-61)41-20-6-2-7-21-41)46-34-35-52-50-30-11-10-28-48(50)49-29-12-13-31-51(49)54(52)38-46/h1-39H. The topological polar surface area (TPSA) is 38.7 Å². The van der Waals surface area contributed by atoms with Crippen LogP contribution in [0.4, 0.5) is 0 Å². The molecule has 0 amide bonds. The number of benzene rings is 10. The molecule has 0 aliphatic carbocycles. The lowest BCUT2D eigenvalue weighted by molar-refractivity contribution is 1.18. The molecule has 0 spiro atoms. The highest BCUT2D eigenvalue weighted by atomic mass is 32.1. The SMILES string of the molecule is c1ccc(-c2cc(-c3cccc(-c4cccc(-c5sc6c(-c7ccccc7)nc7ccccc7c6c5-c5ccc6c7ccccc7c7ccccc7c6c5)c4)c3)nc(-c3ccccc3)n2)cc1. The highest BCUT2D eigenvalue weighted by molar-refractivity contribution is 7.23. The Morgan fingerprint density at radius 3 is 1.42 bits per heavy atom. The maximum absolute atomic E-state index is 5.39. The number of hydrogen-bond acceptors (Lipinski definition) is 4. The summed E-state index contributed by atoms with van der Waals surface area (Å²) in [6.45, 7) is 0. The zero-order valence-corrected chi connectivity index (χ0v) is 37.1. The van der Waals surface area contributed by atoms with Gasteiger partial charge in [-0.3, -0.25) is 0 Å². The molecule has 13 rings (SSSR count). The summed E-state index contributed by atoms with van der Waals surface area (Å²) in [7, 11) is 0. The van der Waals surface area contributed by atoms with Gasteiger partial charge in [-0.25, -0.2) is 15.0 Å². The lowest BCUT2D eigenvalue weighted by Gasteiger charge is -2.14. The zero-order chi connectivity index (χ0) is 44.3. The van der Waals surface area contributed by atoms with Gasteiger partial charge in [0.25, 0.3) is 0 Å². The quantitative estimate of drug-likeness (QED) is 0.150. The van der Waals surface area contributed by atoms with Gasteiger partial charge in [0.2, 0.25) is 0 Å². The van der Waals surface area contributed by atoms with Crippen molar-refractivity contribution in [1.29, 1.82) is 0 Å². The molecule has 13 aromatic rings. The molecule has 0 saturated heterocycles. The monoisotopic (exact) mass is 869 g/mol. The van der Waals surface area contributed by atoms with Crippen molar-refractivity contribution >= 4 is 64.6 Å². The summed E-state index contributed by atoms with van der Waals surface area (Å²) < 4.78 is 1.18. The van der Waals surface area contributed by atoms with Gasteiger partial charge in [-0.2, -0.15) is 0 Å². The third-order valence-electron chi connectivity index (χ3n) is 13.1. The molecule has 3 nitrogen and oxygen atoms in total. The van der Waals surface area contributed by atoms with Gasteiger partial charge in [-0.05, 0) is 84.9 Å². The Kier molecular flexibility index (Phi) is 9.36. The average Bonchev–Trinajstić information content (AvgIpc) is 3.83. The third-order valence-corrected chi connectivity index (χ3v) is 14.3. The first-order chi connectivity index (χ1) is 33.2. The minimum absolute atomic E-state index is 0.702. The first-order valence-electron chi connectivity index (χ1n) is 22.7. The molecule has 10 aromatic carbocycles. The zero-order valence-electron chi connectivity index (χ0n) is 36.3. The minimum atomic E-state index is 0.702. The first kappa shape index (κ1) is 38.9. The Morgan fingerprint density at radius 2 is 0.761 bits per heavy atom. The van der Waals surface area contributed by atoms with E-state index in [1.807, 2.05) is 35.6 Å². The van der Waals surface area contributed by atoms with E-state index in [0.717, 1.165) is 66.9 Å². The second-order valence-electron chi connectivity index (χ2n) is 17.1. The van der Waals surface area contributed by atoms with Crippen LogP contribution in [0.25, 0.3) is 131 Å². The number of fused-ring (bicyclic) bond motifs is 9. The van der Waals surface area contributed by atoms with Crippen LogP contribution in [-0.4, -0.2) is 15.0 Å². The molecule has 0 bridgehead atoms. The average molecular weight is 870 g/mol. The Hall–Kier alpha value is -8.57. The van der Waals surface area contributed by atoms with Crippen LogP contribution in [0.3, 0.4) is 0 Å². The second kappa shape index (κ2) is 16.1. The predicted octanol–water partition coefficient (Wildman–Crippen LogP) is 17.4. The molecule has 0 saturated carbocycles. The van der Waals surface area contributed by atoms with Crippen molar-refractivity contribution in [1.82, 2.24) is 15.0 Å². The number of thiophene rings is 1. The summed E-state index contributed by atoms with van der Waals surface area (Å²) in [4.78, 5) is 16.8. The van der Waals surface area contributed by atoms with Crippen LogP contribution < -0.4 is 0 Å². The van der Waals surface area contributed by atoms with Crippen LogP contribution in [0.2, 0.25) is 0 Å². The third kappa shape index (κ3) is 6.77. The Bertz CT molecular complexity index is 3940. The molecule has 4 heteroatoms. The smallest absolute Gasteiger partial charge is 0.160 e. The second-order valence-corrected chi connectivity index (χ2v) is 18.1. The number of rotatable bonds is 7. The fraction of sp³-hybridized carbons (Fsp3) is 0. The Morgan fingerprint density at radius 1 is 0.284 bits per heavy atom. The number of aromatic nitrogens is 3. The highest BCUT2D eigenvalue weighted by Crippen LogP contribution is 2.51. The summed E-state index contributed by atoms with van der Waals surface area (Å²) in [6.07, 6.45) is 0. The summed E-state index contributed by atoms with van der Waals surface area (Å²) in [5.74, 6) is 0.702. The summed E-state index contributed by atoms with van der Waals surface area (Å²) in [5.41, 5.74) is 13.7. The van der Waals surface area contributed by atoms with E-state index in [1.54, 1.807) is 0 Å². The van der Waals surface area contributed by atoms with Gasteiger partial charge in [-0.1, -0.05) is 206 Å². The maximum atomic E-state index is 5.39. The lowest BCUT2D eigenvalue weighted by Crippen LogP contribution is -1.96. The van der Waals surface area contributed by atoms with Gasteiger partial charge in [0.1, 0.15) is 0 Å². The summed E-state index contributed by atoms with van der Waals surface area (Å²) in [6, 6.07) is 84.6. The van der Waals surface area contributed by atoms with Crippen LogP contribution in [0.1, 0.15) is 0 Å². The van der Waals surface area contributed by atoms with Crippen molar-refractivity contribution in [2.24, 2.45) is 0 Å². The van der Waals surface area contributed by atoms with Crippen LogP contribution >= 0.6 is 11.3 Å². The van der Waals surface area contributed by atoms with Gasteiger partial charge in [0.05, 0.1) is 27.3 Å². The molecule has 3 heterocycles. The molecular formula is C63H39N3S. The normalized spacial score (nSPS) is 11.6. The molecule has 312 valence electrons. The van der Waals surface area contributed by atoms with Crippen molar-refractivity contribution in [2.45, 2.75) is 0 Å². The predicted molar refractivity (Wildman–Crippen MR) is 283 cm³/mol. The molecule has 0 N–H and O–H groups in total. The van der Waals surface area contributed by atoms with Crippen molar-refractivity contribution in [3.8, 4) is 77.9 Å². The Labute approximate surface area is 392 Å². The number of para-hydroxylation sites is 1. The van der Waals surface area contributed by atoms with E-state index >= 15 is 0 Å². The maximum Gasteiger partial charge on any atom is 0.160 e. The van der Waals surface area contributed by atoms with Crippen LogP contribution in [0.5, 0.6) is 0 Å². The minimum Gasteiger partial charge on any atom is -0.246 e. The fourth-order valence-corrected chi connectivity index (χ4v) is 11.3. The molecule has 0 aliphatic heterocycles. The van der Waals surface area contributed by atoms with Crippen molar-refractivity contribution < 1.29 is 0 Å². The van der Waals surface area contributed by atoms with E-state index in [1.165, 1.54) is 58.4 Å². The Balaban J connectivity index is 1.03. The summed E-state index contributed by atoms with van der Waals surface area (Å²) in [5, 5.41) is 9.96. The molecular weight excluding hydrogens is 831 g/mol. The molecule has 0 aliphatic rings. The van der Waals surface area contributed by atoms with E-state index in [4.69, 9.17) is 15.0 Å². The van der Waals surface area contributed by atoms with Crippen LogP contribution in [0.15, 0.2) is 237 Å². The number of nitrogens with zero attached hydrogens (tertiary/aromatic N) is 3. The number of pyridine rings is 1. The van der Waals surface area contributed by atoms with Gasteiger partial charge in [0.15, 0.2) is 5.82 Å². The van der Waals surface area contributed by atoms with Gasteiger partial charge >= 0.3 is 0 Å². The first-order valence-corrected chi connectivity index (χ1v) is 23.5. The highest BCUT2D eigenvalue weighted by Gasteiger charge is 2.23. The molecule has 3 aromatic heterocycles. The van der Waals surface area contributed by atoms with Crippen molar-refractivity contribution in [2.75, 3.05) is 0 Å². The van der Waals surface area contributed by atoms with Gasteiger partial charge < -0.3 is 0 Å².